The van der Waals surface area contributed by atoms with Crippen LogP contribution in [0.5, 0.6) is 5.75 Å². The SMILES string of the molecule is COc1c(C)cc(C(C)NCc2nnc3n2CCOC3)cc1Cl. The van der Waals surface area contributed by atoms with E-state index in [4.69, 9.17) is 21.1 Å². The molecule has 0 fully saturated rings. The van der Waals surface area contributed by atoms with Gasteiger partial charge in [-0.25, -0.2) is 0 Å². The molecule has 0 saturated heterocycles. The minimum atomic E-state index is 0.143. The molecule has 124 valence electrons. The Kier molecular flexibility index (Phi) is 4.84. The van der Waals surface area contributed by atoms with Crippen molar-refractivity contribution in [1.29, 1.82) is 0 Å². The third-order valence-corrected chi connectivity index (χ3v) is 4.40. The standard InChI is InChI=1S/C16H21ClN4O2/c1-10-6-12(7-13(17)16(10)22-3)11(2)18-8-14-19-20-15-9-23-5-4-21(14)15/h6-7,11,18H,4-5,8-9H2,1-3H3. The van der Waals surface area contributed by atoms with Gasteiger partial charge in [0.1, 0.15) is 18.2 Å². The lowest BCUT2D eigenvalue weighted by molar-refractivity contribution is 0.0804. The number of halogens is 1. The fraction of sp³-hybridized carbons (Fsp3) is 0.500. The normalized spacial score (nSPS) is 15.3. The zero-order valence-corrected chi connectivity index (χ0v) is 14.4. The van der Waals surface area contributed by atoms with Crippen LogP contribution >= 0.6 is 11.6 Å². The lowest BCUT2D eigenvalue weighted by Gasteiger charge is -2.19. The number of rotatable bonds is 5. The van der Waals surface area contributed by atoms with E-state index in [-0.39, 0.29) is 6.04 Å². The van der Waals surface area contributed by atoms with Crippen LogP contribution in [-0.4, -0.2) is 28.5 Å². The zero-order valence-electron chi connectivity index (χ0n) is 13.6. The monoisotopic (exact) mass is 336 g/mol. The summed E-state index contributed by atoms with van der Waals surface area (Å²) in [4.78, 5) is 0. The molecule has 0 aliphatic carbocycles. The number of aromatic nitrogens is 3. The molecule has 0 spiro atoms. The van der Waals surface area contributed by atoms with Crippen molar-refractivity contribution in [3.63, 3.8) is 0 Å². The molecular formula is C16H21ClN4O2. The van der Waals surface area contributed by atoms with Crippen LogP contribution in [0, 0.1) is 6.92 Å². The number of hydrogen-bond acceptors (Lipinski definition) is 5. The number of methoxy groups -OCH3 is 1. The van der Waals surface area contributed by atoms with Gasteiger partial charge in [-0.1, -0.05) is 17.7 Å². The Hall–Kier alpha value is -1.63. The van der Waals surface area contributed by atoms with Gasteiger partial charge in [0.05, 0.1) is 25.3 Å². The quantitative estimate of drug-likeness (QED) is 0.909. The van der Waals surface area contributed by atoms with Crippen molar-refractivity contribution in [2.24, 2.45) is 0 Å². The van der Waals surface area contributed by atoms with E-state index in [0.717, 1.165) is 35.1 Å². The first kappa shape index (κ1) is 16.2. The molecule has 1 aliphatic heterocycles. The molecule has 0 amide bonds. The van der Waals surface area contributed by atoms with Gasteiger partial charge in [0.25, 0.3) is 0 Å². The average Bonchev–Trinajstić information content (AvgIpc) is 2.95. The molecule has 6 nitrogen and oxygen atoms in total. The Morgan fingerprint density at radius 1 is 1.43 bits per heavy atom. The van der Waals surface area contributed by atoms with Gasteiger partial charge in [-0.15, -0.1) is 10.2 Å². The molecule has 1 aromatic carbocycles. The van der Waals surface area contributed by atoms with Crippen molar-refractivity contribution in [3.05, 3.63) is 39.9 Å². The molecule has 3 rings (SSSR count). The van der Waals surface area contributed by atoms with Crippen molar-refractivity contribution in [1.82, 2.24) is 20.1 Å². The Labute approximate surface area is 140 Å². The lowest BCUT2D eigenvalue weighted by atomic mass is 10.0. The smallest absolute Gasteiger partial charge is 0.159 e. The van der Waals surface area contributed by atoms with Gasteiger partial charge < -0.3 is 19.4 Å². The maximum absolute atomic E-state index is 6.28. The first-order valence-corrected chi connectivity index (χ1v) is 8.04. The topological polar surface area (TPSA) is 61.2 Å². The summed E-state index contributed by atoms with van der Waals surface area (Å²) in [5.41, 5.74) is 2.15. The molecule has 2 heterocycles. The molecule has 0 bridgehead atoms. The molecule has 2 aromatic rings. The number of nitrogens with zero attached hydrogens (tertiary/aromatic N) is 3. The minimum absolute atomic E-state index is 0.143. The van der Waals surface area contributed by atoms with Gasteiger partial charge in [-0.3, -0.25) is 0 Å². The van der Waals surface area contributed by atoms with Gasteiger partial charge in [0.2, 0.25) is 0 Å². The van der Waals surface area contributed by atoms with Gasteiger partial charge in [0.15, 0.2) is 5.82 Å². The fourth-order valence-electron chi connectivity index (χ4n) is 2.82. The third-order valence-electron chi connectivity index (χ3n) is 4.12. The van der Waals surface area contributed by atoms with E-state index >= 15 is 0 Å². The molecule has 1 N–H and O–H groups in total. The van der Waals surface area contributed by atoms with E-state index in [9.17, 15) is 0 Å². The van der Waals surface area contributed by atoms with Gasteiger partial charge in [-0.05, 0) is 31.0 Å². The Morgan fingerprint density at radius 3 is 3.00 bits per heavy atom. The Balaban J connectivity index is 1.70. The first-order chi connectivity index (χ1) is 11.1. The van der Waals surface area contributed by atoms with E-state index in [2.05, 4.69) is 33.1 Å². The van der Waals surface area contributed by atoms with Crippen LogP contribution in [0.1, 0.15) is 35.7 Å². The number of fused-ring (bicyclic) bond motifs is 1. The second-order valence-electron chi connectivity index (χ2n) is 5.69. The van der Waals surface area contributed by atoms with Crippen LogP contribution in [0.2, 0.25) is 5.02 Å². The number of aryl methyl sites for hydroxylation is 1. The third kappa shape index (κ3) is 3.34. The summed E-state index contributed by atoms with van der Waals surface area (Å²) in [6.45, 7) is 6.80. The molecular weight excluding hydrogens is 316 g/mol. The maximum Gasteiger partial charge on any atom is 0.159 e. The van der Waals surface area contributed by atoms with Crippen LogP contribution in [0.15, 0.2) is 12.1 Å². The highest BCUT2D eigenvalue weighted by molar-refractivity contribution is 6.32. The van der Waals surface area contributed by atoms with Crippen molar-refractivity contribution in [3.8, 4) is 5.75 Å². The van der Waals surface area contributed by atoms with Crippen molar-refractivity contribution >= 4 is 11.6 Å². The second-order valence-corrected chi connectivity index (χ2v) is 6.10. The van der Waals surface area contributed by atoms with Crippen LogP contribution < -0.4 is 10.1 Å². The van der Waals surface area contributed by atoms with Crippen molar-refractivity contribution in [2.75, 3.05) is 13.7 Å². The summed E-state index contributed by atoms with van der Waals surface area (Å²) < 4.78 is 12.8. The Morgan fingerprint density at radius 2 is 2.26 bits per heavy atom. The molecule has 1 aliphatic rings. The van der Waals surface area contributed by atoms with Gasteiger partial charge >= 0.3 is 0 Å². The van der Waals surface area contributed by atoms with E-state index in [1.807, 2.05) is 13.0 Å². The summed E-state index contributed by atoms with van der Waals surface area (Å²) in [5.74, 6) is 2.56. The van der Waals surface area contributed by atoms with Gasteiger partial charge in [-0.2, -0.15) is 0 Å². The molecule has 0 saturated carbocycles. The highest BCUT2D eigenvalue weighted by Crippen LogP contribution is 2.31. The predicted octanol–water partition coefficient (Wildman–Crippen LogP) is 2.63. The van der Waals surface area contributed by atoms with Crippen LogP contribution in [0.3, 0.4) is 0 Å². The Bertz CT molecular complexity index is 678. The number of ether oxygens (including phenoxy) is 2. The van der Waals surface area contributed by atoms with Crippen LogP contribution in [-0.2, 0) is 24.4 Å². The van der Waals surface area contributed by atoms with E-state index in [1.165, 1.54) is 0 Å². The average molecular weight is 337 g/mol. The van der Waals surface area contributed by atoms with Gasteiger partial charge in [0, 0.05) is 12.6 Å². The summed E-state index contributed by atoms with van der Waals surface area (Å²) in [7, 11) is 1.63. The fourth-order valence-corrected chi connectivity index (χ4v) is 3.17. The molecule has 1 aromatic heterocycles. The van der Waals surface area contributed by atoms with E-state index < -0.39 is 0 Å². The summed E-state index contributed by atoms with van der Waals surface area (Å²) >= 11 is 6.28. The van der Waals surface area contributed by atoms with Crippen molar-refractivity contribution in [2.45, 2.75) is 39.6 Å². The highest BCUT2D eigenvalue weighted by Gasteiger charge is 2.17. The van der Waals surface area contributed by atoms with Crippen LogP contribution in [0.4, 0.5) is 0 Å². The zero-order chi connectivity index (χ0) is 16.4. The molecule has 1 unspecified atom stereocenters. The first-order valence-electron chi connectivity index (χ1n) is 7.66. The number of nitrogens with one attached hydrogen (secondary N) is 1. The molecule has 23 heavy (non-hydrogen) atoms. The summed E-state index contributed by atoms with van der Waals surface area (Å²) in [6.07, 6.45) is 0. The second kappa shape index (κ2) is 6.86. The lowest BCUT2D eigenvalue weighted by Crippen LogP contribution is -2.24. The molecule has 7 heteroatoms. The summed E-state index contributed by atoms with van der Waals surface area (Å²) in [6, 6.07) is 4.18. The number of benzene rings is 1. The largest absolute Gasteiger partial charge is 0.495 e. The molecule has 0 radical (unpaired) electrons. The number of hydrogen-bond donors (Lipinski definition) is 1. The minimum Gasteiger partial charge on any atom is -0.495 e. The summed E-state index contributed by atoms with van der Waals surface area (Å²) in [5, 5.41) is 12.5. The van der Waals surface area contributed by atoms with Crippen molar-refractivity contribution < 1.29 is 9.47 Å². The maximum atomic E-state index is 6.28. The predicted molar refractivity (Wildman–Crippen MR) is 87.7 cm³/mol. The van der Waals surface area contributed by atoms with Crippen LogP contribution in [0.25, 0.3) is 0 Å². The highest BCUT2D eigenvalue weighted by atomic mass is 35.5. The van der Waals surface area contributed by atoms with E-state index in [1.54, 1.807) is 7.11 Å². The molecule has 1 atom stereocenters. The van der Waals surface area contributed by atoms with E-state index in [0.29, 0.717) is 24.8 Å².